The molecule has 0 radical (unpaired) electrons. The number of hydrogen-bond acceptors (Lipinski definition) is 3. The lowest BCUT2D eigenvalue weighted by molar-refractivity contribution is 0.0209. The molecule has 0 bridgehead atoms. The van der Waals surface area contributed by atoms with Crippen LogP contribution < -0.4 is 5.32 Å². The zero-order chi connectivity index (χ0) is 9.47. The van der Waals surface area contributed by atoms with Crippen LogP contribution in [-0.2, 0) is 4.74 Å². The van der Waals surface area contributed by atoms with E-state index in [1.807, 2.05) is 0 Å². The Morgan fingerprint density at radius 1 is 1.54 bits per heavy atom. The van der Waals surface area contributed by atoms with Crippen LogP contribution in [0.15, 0.2) is 0 Å². The first-order valence-electron chi connectivity index (χ1n) is 5.14. The van der Waals surface area contributed by atoms with Gasteiger partial charge in [0.25, 0.3) is 0 Å². The normalized spacial score (nSPS) is 42.2. The molecule has 3 atom stereocenters. The maximum atomic E-state index is 8.91. The van der Waals surface area contributed by atoms with E-state index in [-0.39, 0.29) is 5.60 Å². The van der Waals surface area contributed by atoms with Gasteiger partial charge in [-0.05, 0) is 32.6 Å². The topological polar surface area (TPSA) is 41.5 Å². The number of aliphatic hydroxyl groups excluding tert-OH is 1. The van der Waals surface area contributed by atoms with Crippen molar-refractivity contribution in [1.29, 1.82) is 0 Å². The van der Waals surface area contributed by atoms with E-state index in [4.69, 9.17) is 9.84 Å². The van der Waals surface area contributed by atoms with E-state index in [1.165, 1.54) is 0 Å². The Kier molecular flexibility index (Phi) is 2.34. The second-order valence-corrected chi connectivity index (χ2v) is 4.74. The van der Waals surface area contributed by atoms with Crippen LogP contribution in [0.4, 0.5) is 0 Å². The molecule has 1 saturated heterocycles. The Morgan fingerprint density at radius 2 is 2.31 bits per heavy atom. The Hall–Kier alpha value is -0.120. The summed E-state index contributed by atoms with van der Waals surface area (Å²) in [6, 6.07) is 1.00. The van der Waals surface area contributed by atoms with Gasteiger partial charge in [-0.3, -0.25) is 0 Å². The number of aliphatic hydroxyl groups is 1. The average Bonchev–Trinajstić information content (AvgIpc) is 2.73. The predicted molar refractivity (Wildman–Crippen MR) is 50.6 cm³/mol. The molecule has 1 aliphatic carbocycles. The fourth-order valence-corrected chi connectivity index (χ4v) is 2.08. The van der Waals surface area contributed by atoms with Crippen LogP contribution in [0.2, 0.25) is 0 Å². The molecule has 3 nitrogen and oxygen atoms in total. The third kappa shape index (κ3) is 1.87. The van der Waals surface area contributed by atoms with Gasteiger partial charge in [-0.15, -0.1) is 0 Å². The molecule has 0 aromatic rings. The third-order valence-corrected chi connectivity index (χ3v) is 3.29. The second-order valence-electron chi connectivity index (χ2n) is 4.74. The summed E-state index contributed by atoms with van der Waals surface area (Å²) >= 11 is 0. The highest BCUT2D eigenvalue weighted by atomic mass is 16.5. The molecule has 0 spiro atoms. The number of rotatable bonds is 3. The second kappa shape index (κ2) is 3.23. The minimum Gasteiger partial charge on any atom is -0.396 e. The van der Waals surface area contributed by atoms with Crippen molar-refractivity contribution in [3.05, 3.63) is 0 Å². The Morgan fingerprint density at radius 3 is 2.77 bits per heavy atom. The molecule has 76 valence electrons. The van der Waals surface area contributed by atoms with Gasteiger partial charge in [0.2, 0.25) is 0 Å². The van der Waals surface area contributed by atoms with Crippen molar-refractivity contribution in [2.45, 2.75) is 44.4 Å². The molecule has 2 fully saturated rings. The number of nitrogens with one attached hydrogen (secondary N) is 1. The smallest absolute Gasteiger partial charge is 0.0779 e. The highest BCUT2D eigenvalue weighted by Crippen LogP contribution is 2.33. The van der Waals surface area contributed by atoms with E-state index in [0.717, 1.165) is 19.4 Å². The molecule has 0 aromatic heterocycles. The fourth-order valence-electron chi connectivity index (χ4n) is 2.08. The summed E-state index contributed by atoms with van der Waals surface area (Å²) in [6.45, 7) is 5.45. The average molecular weight is 185 g/mol. The Labute approximate surface area is 79.5 Å². The molecule has 3 unspecified atom stereocenters. The van der Waals surface area contributed by atoms with Crippen molar-refractivity contribution in [3.63, 3.8) is 0 Å². The zero-order valence-electron chi connectivity index (χ0n) is 8.42. The minimum atomic E-state index is -0.0252. The first-order chi connectivity index (χ1) is 6.13. The van der Waals surface area contributed by atoms with Crippen LogP contribution in [0.1, 0.15) is 26.7 Å². The van der Waals surface area contributed by atoms with E-state index in [0.29, 0.717) is 24.6 Å². The molecule has 1 saturated carbocycles. The molecule has 2 aliphatic rings. The molecule has 0 amide bonds. The maximum Gasteiger partial charge on any atom is 0.0779 e. The van der Waals surface area contributed by atoms with E-state index in [9.17, 15) is 0 Å². The monoisotopic (exact) mass is 185 g/mol. The van der Waals surface area contributed by atoms with Crippen molar-refractivity contribution in [2.24, 2.45) is 5.92 Å². The van der Waals surface area contributed by atoms with Gasteiger partial charge in [0.15, 0.2) is 0 Å². The van der Waals surface area contributed by atoms with Gasteiger partial charge in [-0.1, -0.05) is 0 Å². The van der Waals surface area contributed by atoms with Gasteiger partial charge in [-0.25, -0.2) is 0 Å². The van der Waals surface area contributed by atoms with Crippen LogP contribution in [0.5, 0.6) is 0 Å². The molecule has 2 rings (SSSR count). The molecular formula is C10H19NO2. The standard InChI is InChI=1S/C10H19NO2/c1-10(2)9(3-4-13-10)11-8-5-7(8)6-12/h7-9,11-12H,3-6H2,1-2H3. The lowest BCUT2D eigenvalue weighted by Crippen LogP contribution is -2.44. The van der Waals surface area contributed by atoms with Crippen molar-refractivity contribution < 1.29 is 9.84 Å². The van der Waals surface area contributed by atoms with Crippen molar-refractivity contribution in [1.82, 2.24) is 5.32 Å². The Balaban J connectivity index is 1.82. The van der Waals surface area contributed by atoms with Crippen LogP contribution >= 0.6 is 0 Å². The van der Waals surface area contributed by atoms with Gasteiger partial charge in [0.05, 0.1) is 5.60 Å². The predicted octanol–water partition coefficient (Wildman–Crippen LogP) is 0.524. The lowest BCUT2D eigenvalue weighted by Gasteiger charge is -2.26. The van der Waals surface area contributed by atoms with Crippen LogP contribution in [0, 0.1) is 5.92 Å². The van der Waals surface area contributed by atoms with Crippen LogP contribution in [0.25, 0.3) is 0 Å². The first kappa shape index (κ1) is 9.44. The summed E-state index contributed by atoms with van der Waals surface area (Å²) in [7, 11) is 0. The van der Waals surface area contributed by atoms with E-state index in [1.54, 1.807) is 0 Å². The molecule has 3 heteroatoms. The van der Waals surface area contributed by atoms with E-state index >= 15 is 0 Å². The van der Waals surface area contributed by atoms with Crippen molar-refractivity contribution in [3.8, 4) is 0 Å². The van der Waals surface area contributed by atoms with E-state index < -0.39 is 0 Å². The summed E-state index contributed by atoms with van der Waals surface area (Å²) in [5, 5.41) is 12.5. The zero-order valence-corrected chi connectivity index (χ0v) is 8.42. The summed E-state index contributed by atoms with van der Waals surface area (Å²) in [5.74, 6) is 0.497. The molecule has 1 aliphatic heterocycles. The highest BCUT2D eigenvalue weighted by Gasteiger charge is 2.43. The third-order valence-electron chi connectivity index (χ3n) is 3.29. The van der Waals surface area contributed by atoms with Gasteiger partial charge in [0.1, 0.15) is 0 Å². The maximum absolute atomic E-state index is 8.91. The van der Waals surface area contributed by atoms with E-state index in [2.05, 4.69) is 19.2 Å². The molecular weight excluding hydrogens is 166 g/mol. The molecule has 2 N–H and O–H groups in total. The lowest BCUT2D eigenvalue weighted by atomic mass is 9.99. The fraction of sp³-hybridized carbons (Fsp3) is 1.00. The summed E-state index contributed by atoms with van der Waals surface area (Å²) in [4.78, 5) is 0. The summed E-state index contributed by atoms with van der Waals surface area (Å²) < 4.78 is 5.63. The van der Waals surface area contributed by atoms with Crippen LogP contribution in [-0.4, -0.2) is 36.0 Å². The summed E-state index contributed by atoms with van der Waals surface area (Å²) in [5.41, 5.74) is -0.0252. The molecule has 13 heavy (non-hydrogen) atoms. The first-order valence-corrected chi connectivity index (χ1v) is 5.14. The minimum absolute atomic E-state index is 0.0252. The largest absolute Gasteiger partial charge is 0.396 e. The summed E-state index contributed by atoms with van der Waals surface area (Å²) in [6.07, 6.45) is 2.23. The van der Waals surface area contributed by atoms with Gasteiger partial charge < -0.3 is 15.2 Å². The van der Waals surface area contributed by atoms with Crippen molar-refractivity contribution >= 4 is 0 Å². The highest BCUT2D eigenvalue weighted by molar-refractivity contribution is 4.99. The van der Waals surface area contributed by atoms with Crippen LogP contribution in [0.3, 0.4) is 0 Å². The molecule has 1 heterocycles. The van der Waals surface area contributed by atoms with Gasteiger partial charge in [0, 0.05) is 25.3 Å². The number of hydrogen-bond donors (Lipinski definition) is 2. The quantitative estimate of drug-likeness (QED) is 0.673. The number of ether oxygens (including phenoxy) is 1. The molecule has 0 aromatic carbocycles. The Bertz CT molecular complexity index is 193. The van der Waals surface area contributed by atoms with Gasteiger partial charge in [-0.2, -0.15) is 0 Å². The SMILES string of the molecule is CC1(C)OCCC1NC1CC1CO. The van der Waals surface area contributed by atoms with Crippen molar-refractivity contribution in [2.75, 3.05) is 13.2 Å². The van der Waals surface area contributed by atoms with Gasteiger partial charge >= 0.3 is 0 Å².